The molecule has 0 radical (unpaired) electrons. The highest BCUT2D eigenvalue weighted by Crippen LogP contribution is 2.57. The van der Waals surface area contributed by atoms with Crippen LogP contribution in [0.25, 0.3) is 82.6 Å². The van der Waals surface area contributed by atoms with Gasteiger partial charge in [-0.2, -0.15) is 8.75 Å². The maximum Gasteiger partial charge on any atom is 0.155 e. The minimum absolute atomic E-state index is 0.779. The van der Waals surface area contributed by atoms with Crippen molar-refractivity contribution in [2.24, 2.45) is 0 Å². The molecule has 0 aliphatic heterocycles. The van der Waals surface area contributed by atoms with Gasteiger partial charge in [-0.15, -0.1) is 45.3 Å². The average molecular weight is 1210 g/mol. The highest BCUT2D eigenvalue weighted by atomic mass is 32.1. The molecule has 0 fully saturated rings. The van der Waals surface area contributed by atoms with Crippen LogP contribution in [0.5, 0.6) is 11.5 Å². The first-order chi connectivity index (χ1) is 40.9. The van der Waals surface area contributed by atoms with Crippen LogP contribution >= 0.6 is 57.1 Å². The molecule has 0 saturated carbocycles. The largest absolute Gasteiger partial charge is 0.494 e. The summed E-state index contributed by atoms with van der Waals surface area (Å²) < 4.78 is 27.9. The second-order valence-corrected chi connectivity index (χ2v) is 27.6. The van der Waals surface area contributed by atoms with Crippen molar-refractivity contribution in [2.75, 3.05) is 50.2 Å². The van der Waals surface area contributed by atoms with E-state index in [1.165, 1.54) is 207 Å². The van der Waals surface area contributed by atoms with E-state index in [9.17, 15) is 0 Å². The smallest absolute Gasteiger partial charge is 0.155 e. The molecule has 6 aromatic heterocycles. The molecule has 9 rings (SSSR count). The molecule has 6 heterocycles. The number of aryl methyl sites for hydroxylation is 2. The van der Waals surface area contributed by atoms with Gasteiger partial charge in [0.15, 0.2) is 11.5 Å². The Balaban J connectivity index is 1.01. The molecule has 0 saturated heterocycles. The molecule has 0 unspecified atom stereocenters. The van der Waals surface area contributed by atoms with Crippen molar-refractivity contribution in [1.29, 1.82) is 0 Å². The lowest BCUT2D eigenvalue weighted by atomic mass is 10.0. The molecule has 0 aliphatic carbocycles. The van der Waals surface area contributed by atoms with Gasteiger partial charge in [-0.25, -0.2) is 9.97 Å². The fourth-order valence-electron chi connectivity index (χ4n) is 12.1. The number of hydrogen-bond acceptors (Lipinski definition) is 13. The number of methoxy groups -OCH3 is 2. The van der Waals surface area contributed by atoms with Gasteiger partial charge >= 0.3 is 0 Å². The standard InChI is InChI=1S/C70H94N6O2S5/c1-9-15-19-23-27-31-43-75(44-32-28-24-20-16-10-2)51-39-35-49(36-40-51)55-47-57-67(79-55)65(77-7)69(81-57)59-61-62(72-54(14-6)53(13-5)71-61)60(64-63(59)73-83-74-64)70-66(78-8)68-58(82-70)48-56(80-68)50-37-41-52(42-38-50)76(45-33-29-25-21-17-11-3)46-34-30-26-22-18-12-4/h35-42,47-48H,9-34,43-46H2,1-8H3. The van der Waals surface area contributed by atoms with Crippen molar-refractivity contribution in [3.63, 3.8) is 0 Å². The number of aromatic nitrogens is 4. The fraction of sp³-hybridized carbons (Fsp3) is 0.543. The number of rotatable bonds is 38. The summed E-state index contributed by atoms with van der Waals surface area (Å²) in [6.45, 7) is 18.1. The first-order valence-electron chi connectivity index (χ1n) is 32.3. The average Bonchev–Trinajstić information content (AvgIpc) is 2.68. The van der Waals surface area contributed by atoms with Crippen LogP contribution in [0.3, 0.4) is 0 Å². The Kier molecular flexibility index (Phi) is 24.4. The van der Waals surface area contributed by atoms with Crippen molar-refractivity contribution in [2.45, 2.75) is 208 Å². The molecule has 13 heteroatoms. The van der Waals surface area contributed by atoms with E-state index >= 15 is 0 Å². The molecule has 446 valence electrons. The summed E-state index contributed by atoms with van der Waals surface area (Å²) in [4.78, 5) is 21.0. The van der Waals surface area contributed by atoms with E-state index in [1.807, 2.05) is 36.9 Å². The van der Waals surface area contributed by atoms with Gasteiger partial charge in [-0.3, -0.25) is 0 Å². The summed E-state index contributed by atoms with van der Waals surface area (Å²) in [7, 11) is 3.61. The highest BCUT2D eigenvalue weighted by molar-refractivity contribution is 7.32. The number of fused-ring (bicyclic) bond motifs is 4. The van der Waals surface area contributed by atoms with Gasteiger partial charge < -0.3 is 19.3 Å². The third-order valence-corrected chi connectivity index (χ3v) is 22.2. The molecule has 8 nitrogen and oxygen atoms in total. The Morgan fingerprint density at radius 2 is 0.711 bits per heavy atom. The maximum atomic E-state index is 6.48. The Morgan fingerprint density at radius 1 is 0.386 bits per heavy atom. The summed E-state index contributed by atoms with van der Waals surface area (Å²) >= 11 is 8.41. The lowest BCUT2D eigenvalue weighted by Gasteiger charge is -2.25. The molecule has 0 spiro atoms. The number of nitrogens with zero attached hydrogens (tertiary/aromatic N) is 6. The van der Waals surface area contributed by atoms with Gasteiger partial charge in [0.25, 0.3) is 0 Å². The minimum atomic E-state index is 0.779. The molecule has 0 amide bonds. The number of ether oxygens (including phenoxy) is 2. The first-order valence-corrected chi connectivity index (χ1v) is 36.3. The van der Waals surface area contributed by atoms with E-state index in [-0.39, 0.29) is 0 Å². The summed E-state index contributed by atoms with van der Waals surface area (Å²) in [5.74, 6) is 1.73. The number of benzene rings is 3. The zero-order valence-electron chi connectivity index (χ0n) is 51.5. The van der Waals surface area contributed by atoms with Crippen LogP contribution in [0.2, 0.25) is 0 Å². The molecular weight excluding hydrogens is 1120 g/mol. The highest BCUT2D eigenvalue weighted by Gasteiger charge is 2.31. The van der Waals surface area contributed by atoms with Crippen molar-refractivity contribution < 1.29 is 9.47 Å². The van der Waals surface area contributed by atoms with Crippen LogP contribution in [-0.2, 0) is 12.8 Å². The van der Waals surface area contributed by atoms with E-state index < -0.39 is 0 Å². The Labute approximate surface area is 517 Å². The van der Waals surface area contributed by atoms with Gasteiger partial charge in [0.05, 0.1) is 77.0 Å². The summed E-state index contributed by atoms with van der Waals surface area (Å²) in [6.07, 6.45) is 33.2. The molecule has 9 aromatic rings. The Morgan fingerprint density at radius 3 is 1.02 bits per heavy atom. The Hall–Kier alpha value is -4.66. The molecule has 0 N–H and O–H groups in total. The van der Waals surface area contributed by atoms with Crippen molar-refractivity contribution in [1.82, 2.24) is 18.7 Å². The third kappa shape index (κ3) is 15.3. The van der Waals surface area contributed by atoms with E-state index in [0.717, 1.165) is 114 Å². The third-order valence-electron chi connectivity index (χ3n) is 16.8. The van der Waals surface area contributed by atoms with E-state index in [1.54, 1.807) is 22.7 Å². The van der Waals surface area contributed by atoms with Gasteiger partial charge in [-0.05, 0) is 86.1 Å². The molecular formula is C70H94N6O2S5. The number of anilines is 2. The first kappa shape index (κ1) is 62.9. The van der Waals surface area contributed by atoms with Gasteiger partial charge in [0, 0.05) is 47.3 Å². The van der Waals surface area contributed by atoms with Crippen LogP contribution in [-0.4, -0.2) is 59.1 Å². The molecule has 0 bridgehead atoms. The van der Waals surface area contributed by atoms with Crippen molar-refractivity contribution in [3.8, 4) is 53.3 Å². The van der Waals surface area contributed by atoms with Gasteiger partial charge in [0.2, 0.25) is 0 Å². The van der Waals surface area contributed by atoms with Crippen LogP contribution in [0, 0.1) is 0 Å². The van der Waals surface area contributed by atoms with Crippen LogP contribution in [0.15, 0.2) is 60.7 Å². The summed E-state index contributed by atoms with van der Waals surface area (Å²) in [6, 6.07) is 23.5. The summed E-state index contributed by atoms with van der Waals surface area (Å²) in [5, 5.41) is 0. The predicted octanol–water partition coefficient (Wildman–Crippen LogP) is 23.1. The molecule has 3 aromatic carbocycles. The van der Waals surface area contributed by atoms with Crippen LogP contribution in [0.1, 0.15) is 207 Å². The predicted molar refractivity (Wildman–Crippen MR) is 369 cm³/mol. The maximum absolute atomic E-state index is 6.48. The lowest BCUT2D eigenvalue weighted by Crippen LogP contribution is -2.25. The van der Waals surface area contributed by atoms with Crippen LogP contribution < -0.4 is 19.3 Å². The van der Waals surface area contributed by atoms with Gasteiger partial charge in [-0.1, -0.05) is 194 Å². The molecule has 0 aliphatic rings. The molecule has 0 atom stereocenters. The summed E-state index contributed by atoms with van der Waals surface area (Å²) in [5.41, 5.74) is 12.4. The van der Waals surface area contributed by atoms with Crippen molar-refractivity contribution in [3.05, 3.63) is 72.1 Å². The number of unbranched alkanes of at least 4 members (excludes halogenated alkanes) is 20. The van der Waals surface area contributed by atoms with E-state index in [0.29, 0.717) is 0 Å². The van der Waals surface area contributed by atoms with Gasteiger partial charge in [0.1, 0.15) is 22.1 Å². The topological polar surface area (TPSA) is 76.5 Å². The fourth-order valence-corrected chi connectivity index (χ4v) is 17.9. The van der Waals surface area contributed by atoms with E-state index in [2.05, 4.69) is 112 Å². The van der Waals surface area contributed by atoms with Crippen LogP contribution in [0.4, 0.5) is 11.4 Å². The normalized spacial score (nSPS) is 11.9. The monoisotopic (exact) mass is 1210 g/mol. The quantitative estimate of drug-likeness (QED) is 0.0354. The second kappa shape index (κ2) is 32.2. The molecule has 83 heavy (non-hydrogen) atoms. The van der Waals surface area contributed by atoms with E-state index in [4.69, 9.17) is 28.2 Å². The number of hydrogen-bond donors (Lipinski definition) is 0. The zero-order chi connectivity index (χ0) is 57.9. The lowest BCUT2D eigenvalue weighted by molar-refractivity contribution is 0.423. The zero-order valence-corrected chi connectivity index (χ0v) is 55.6. The SMILES string of the molecule is CCCCCCCCN(CCCCCCCC)c1ccc(-c2cc3sc(-c4c5nsnc5c(-c5sc6cc(-c7ccc(N(CCCCCCCC)CCCCCCCC)cc7)sc6c5OC)c5nc(CC)c(CC)nc45)c(OC)c3s2)cc1. The number of thiophene rings is 4. The van der Waals surface area contributed by atoms with Crippen molar-refractivity contribution >= 4 is 109 Å². The second-order valence-electron chi connectivity index (χ2n) is 22.9. The Bertz CT molecular complexity index is 3150. The minimum Gasteiger partial charge on any atom is -0.494 e.